The Morgan fingerprint density at radius 2 is 1.90 bits per heavy atom. The van der Waals surface area contributed by atoms with E-state index >= 15 is 0 Å². The van der Waals surface area contributed by atoms with Crippen molar-refractivity contribution in [2.75, 3.05) is 30.7 Å². The number of hydrogen-bond donors (Lipinski definition) is 2. The first kappa shape index (κ1) is 15.0. The normalized spacial score (nSPS) is 17.4. The molecule has 0 aliphatic carbocycles. The van der Waals surface area contributed by atoms with E-state index in [9.17, 15) is 0 Å². The van der Waals surface area contributed by atoms with E-state index in [0.29, 0.717) is 6.04 Å². The lowest BCUT2D eigenvalue weighted by atomic mass is 10.2. The highest BCUT2D eigenvalue weighted by atomic mass is 16.5. The number of hydrogen-bond acceptors (Lipinski definition) is 4. The average Bonchev–Trinajstić information content (AvgIpc) is 2.79. The van der Waals surface area contributed by atoms with Crippen molar-refractivity contribution in [2.45, 2.75) is 45.8 Å². The Hall–Kier alpha value is -1.42. The lowest BCUT2D eigenvalue weighted by Crippen LogP contribution is -2.32. The largest absolute Gasteiger partial charge is 0.491 e. The minimum Gasteiger partial charge on any atom is -0.491 e. The van der Waals surface area contributed by atoms with Crippen molar-refractivity contribution in [3.05, 3.63) is 18.2 Å². The Labute approximate surface area is 122 Å². The quantitative estimate of drug-likeness (QED) is 0.785. The second-order valence-electron chi connectivity index (χ2n) is 6.01. The van der Waals surface area contributed by atoms with Crippen LogP contribution in [0.5, 0.6) is 5.75 Å². The first-order valence-electron chi connectivity index (χ1n) is 7.59. The van der Waals surface area contributed by atoms with Gasteiger partial charge in [-0.2, -0.15) is 0 Å². The molecule has 1 aliphatic rings. The monoisotopic (exact) mass is 277 g/mol. The first-order valence-corrected chi connectivity index (χ1v) is 7.59. The summed E-state index contributed by atoms with van der Waals surface area (Å²) in [7, 11) is 0. The van der Waals surface area contributed by atoms with Gasteiger partial charge in [-0.15, -0.1) is 0 Å². The van der Waals surface area contributed by atoms with Crippen LogP contribution in [0.1, 0.15) is 33.6 Å². The lowest BCUT2D eigenvalue weighted by molar-refractivity contribution is 0.242. The summed E-state index contributed by atoms with van der Waals surface area (Å²) < 4.78 is 5.72. The van der Waals surface area contributed by atoms with Crippen LogP contribution in [0.4, 0.5) is 11.4 Å². The number of nitrogens with one attached hydrogen (secondary N) is 1. The van der Waals surface area contributed by atoms with Crippen molar-refractivity contribution >= 4 is 11.4 Å². The summed E-state index contributed by atoms with van der Waals surface area (Å²) in [5.41, 5.74) is 7.71. The second kappa shape index (κ2) is 6.84. The fourth-order valence-electron chi connectivity index (χ4n) is 2.73. The van der Waals surface area contributed by atoms with Crippen molar-refractivity contribution in [1.82, 2.24) is 4.90 Å². The van der Waals surface area contributed by atoms with Crippen molar-refractivity contribution < 1.29 is 4.74 Å². The highest BCUT2D eigenvalue weighted by molar-refractivity contribution is 5.59. The molecule has 0 bridgehead atoms. The van der Waals surface area contributed by atoms with Gasteiger partial charge in [0.15, 0.2) is 0 Å². The van der Waals surface area contributed by atoms with Crippen molar-refractivity contribution in [3.8, 4) is 5.75 Å². The van der Waals surface area contributed by atoms with Crippen LogP contribution in [-0.4, -0.2) is 36.7 Å². The third-order valence-corrected chi connectivity index (χ3v) is 3.44. The summed E-state index contributed by atoms with van der Waals surface area (Å²) in [6.07, 6.45) is 2.82. The lowest BCUT2D eigenvalue weighted by Gasteiger charge is -2.22. The second-order valence-corrected chi connectivity index (χ2v) is 6.01. The highest BCUT2D eigenvalue weighted by Gasteiger charge is 2.14. The summed E-state index contributed by atoms with van der Waals surface area (Å²) in [5, 5.41) is 3.52. The van der Waals surface area contributed by atoms with Gasteiger partial charge in [0.25, 0.3) is 0 Å². The number of nitrogens with zero attached hydrogens (tertiary/aromatic N) is 1. The Balaban J connectivity index is 1.95. The predicted molar refractivity (Wildman–Crippen MR) is 85.4 cm³/mol. The zero-order chi connectivity index (χ0) is 14.5. The molecule has 0 radical (unpaired) electrons. The Morgan fingerprint density at radius 3 is 2.55 bits per heavy atom. The molecule has 0 saturated carbocycles. The van der Waals surface area contributed by atoms with Crippen molar-refractivity contribution in [3.63, 3.8) is 0 Å². The zero-order valence-corrected chi connectivity index (χ0v) is 12.9. The average molecular weight is 277 g/mol. The summed E-state index contributed by atoms with van der Waals surface area (Å²) in [6.45, 7) is 9.79. The zero-order valence-electron chi connectivity index (χ0n) is 12.9. The number of anilines is 2. The van der Waals surface area contributed by atoms with E-state index in [1.165, 1.54) is 25.9 Å². The van der Waals surface area contributed by atoms with Crippen LogP contribution < -0.4 is 15.8 Å². The van der Waals surface area contributed by atoms with Gasteiger partial charge in [-0.05, 0) is 52.8 Å². The molecule has 0 amide bonds. The van der Waals surface area contributed by atoms with E-state index < -0.39 is 0 Å². The summed E-state index contributed by atoms with van der Waals surface area (Å²) >= 11 is 0. The predicted octanol–water partition coefficient (Wildman–Crippen LogP) is 2.95. The molecular weight excluding hydrogens is 250 g/mol. The molecule has 4 nitrogen and oxygen atoms in total. The van der Waals surface area contributed by atoms with Gasteiger partial charge in [0.1, 0.15) is 5.75 Å². The van der Waals surface area contributed by atoms with Crippen LogP contribution in [-0.2, 0) is 0 Å². The van der Waals surface area contributed by atoms with E-state index in [2.05, 4.69) is 17.1 Å². The highest BCUT2D eigenvalue weighted by Crippen LogP contribution is 2.24. The van der Waals surface area contributed by atoms with Crippen LogP contribution in [0, 0.1) is 0 Å². The number of likely N-dealkylation sites (tertiary alicyclic amines) is 1. The molecule has 1 saturated heterocycles. The standard InChI is InChI=1S/C16H27N3O/c1-12(2)20-16-9-14(17)8-15(10-16)18-13(3)11-19-6-4-5-7-19/h8-10,12-13,18H,4-7,11,17H2,1-3H3. The van der Waals surface area contributed by atoms with Gasteiger partial charge < -0.3 is 20.7 Å². The SMILES string of the molecule is CC(CN1CCCC1)Nc1cc(N)cc(OC(C)C)c1. The molecule has 0 spiro atoms. The van der Waals surface area contributed by atoms with Gasteiger partial charge in [0, 0.05) is 36.1 Å². The van der Waals surface area contributed by atoms with Gasteiger partial charge in [-0.25, -0.2) is 0 Å². The molecule has 1 unspecified atom stereocenters. The van der Waals surface area contributed by atoms with Crippen LogP contribution in [0.3, 0.4) is 0 Å². The molecule has 1 aliphatic heterocycles. The van der Waals surface area contributed by atoms with E-state index in [1.54, 1.807) is 0 Å². The molecule has 2 rings (SSSR count). The maximum absolute atomic E-state index is 5.94. The summed E-state index contributed by atoms with van der Waals surface area (Å²) in [5.74, 6) is 0.830. The van der Waals surface area contributed by atoms with E-state index in [-0.39, 0.29) is 6.10 Å². The van der Waals surface area contributed by atoms with Gasteiger partial charge >= 0.3 is 0 Å². The first-order chi connectivity index (χ1) is 9.52. The molecule has 112 valence electrons. The maximum Gasteiger partial charge on any atom is 0.123 e. The molecule has 0 aromatic heterocycles. The smallest absolute Gasteiger partial charge is 0.123 e. The molecule has 1 aromatic carbocycles. The molecule has 1 aromatic rings. The Bertz CT molecular complexity index is 428. The maximum atomic E-state index is 5.94. The van der Waals surface area contributed by atoms with Gasteiger partial charge in [-0.1, -0.05) is 0 Å². The third kappa shape index (κ3) is 4.60. The van der Waals surface area contributed by atoms with Gasteiger partial charge in [0.2, 0.25) is 0 Å². The number of ether oxygens (including phenoxy) is 1. The molecular formula is C16H27N3O. The molecule has 1 atom stereocenters. The Kier molecular flexibility index (Phi) is 5.12. The fourth-order valence-corrected chi connectivity index (χ4v) is 2.73. The van der Waals surface area contributed by atoms with Crippen LogP contribution in [0.25, 0.3) is 0 Å². The molecule has 1 heterocycles. The minimum absolute atomic E-state index is 0.159. The molecule has 3 N–H and O–H groups in total. The number of nitrogens with two attached hydrogens (primary N) is 1. The van der Waals surface area contributed by atoms with Crippen molar-refractivity contribution in [1.29, 1.82) is 0 Å². The van der Waals surface area contributed by atoms with Gasteiger partial charge in [0.05, 0.1) is 6.10 Å². The topological polar surface area (TPSA) is 50.5 Å². The fraction of sp³-hybridized carbons (Fsp3) is 0.625. The number of rotatable bonds is 6. The van der Waals surface area contributed by atoms with E-state index in [1.807, 2.05) is 32.0 Å². The molecule has 1 fully saturated rings. The van der Waals surface area contributed by atoms with E-state index in [4.69, 9.17) is 10.5 Å². The number of benzene rings is 1. The van der Waals surface area contributed by atoms with Crippen molar-refractivity contribution in [2.24, 2.45) is 0 Å². The molecule has 4 heteroatoms. The van der Waals surface area contributed by atoms with Crippen LogP contribution in [0.15, 0.2) is 18.2 Å². The summed E-state index contributed by atoms with van der Waals surface area (Å²) in [4.78, 5) is 2.51. The number of nitrogen functional groups attached to an aromatic ring is 1. The van der Waals surface area contributed by atoms with Crippen LogP contribution >= 0.6 is 0 Å². The summed E-state index contributed by atoms with van der Waals surface area (Å²) in [6, 6.07) is 6.27. The third-order valence-electron chi connectivity index (χ3n) is 3.44. The van der Waals surface area contributed by atoms with Gasteiger partial charge in [-0.3, -0.25) is 0 Å². The van der Waals surface area contributed by atoms with E-state index in [0.717, 1.165) is 23.7 Å². The van der Waals surface area contributed by atoms with Crippen LogP contribution in [0.2, 0.25) is 0 Å². The Morgan fingerprint density at radius 1 is 1.20 bits per heavy atom. The minimum atomic E-state index is 0.159. The molecule has 20 heavy (non-hydrogen) atoms.